The summed E-state index contributed by atoms with van der Waals surface area (Å²) >= 11 is 0. The molecule has 3 heteroatoms. The summed E-state index contributed by atoms with van der Waals surface area (Å²) in [5, 5.41) is 0. The van der Waals surface area contributed by atoms with Crippen LogP contribution < -0.4 is 5.73 Å². The SMILES string of the molecule is Cc1ncc(-c2cccc3c2C[C@H](N)CC3)cn1. The highest BCUT2D eigenvalue weighted by atomic mass is 14.8. The van der Waals surface area contributed by atoms with Crippen LogP contribution in [0.15, 0.2) is 30.6 Å². The fourth-order valence-corrected chi connectivity index (χ4v) is 2.62. The largest absolute Gasteiger partial charge is 0.327 e. The molecule has 0 amide bonds. The molecular formula is C15H17N3. The van der Waals surface area contributed by atoms with Gasteiger partial charge in [-0.15, -0.1) is 0 Å². The van der Waals surface area contributed by atoms with E-state index in [1.807, 2.05) is 19.3 Å². The molecule has 0 radical (unpaired) electrons. The van der Waals surface area contributed by atoms with E-state index in [0.717, 1.165) is 30.7 Å². The van der Waals surface area contributed by atoms with Gasteiger partial charge >= 0.3 is 0 Å². The highest BCUT2D eigenvalue weighted by Gasteiger charge is 2.18. The van der Waals surface area contributed by atoms with Gasteiger partial charge in [0, 0.05) is 24.0 Å². The Balaban J connectivity index is 2.09. The second-order valence-corrected chi connectivity index (χ2v) is 4.97. The molecule has 1 heterocycles. The first-order valence-electron chi connectivity index (χ1n) is 6.39. The normalized spacial score (nSPS) is 18.4. The molecule has 1 aromatic carbocycles. The Morgan fingerprint density at radius 3 is 2.78 bits per heavy atom. The second kappa shape index (κ2) is 4.50. The topological polar surface area (TPSA) is 51.8 Å². The first-order valence-corrected chi connectivity index (χ1v) is 6.39. The van der Waals surface area contributed by atoms with Crippen molar-refractivity contribution in [1.82, 2.24) is 9.97 Å². The number of aromatic nitrogens is 2. The van der Waals surface area contributed by atoms with Gasteiger partial charge in [0.25, 0.3) is 0 Å². The first-order chi connectivity index (χ1) is 8.74. The van der Waals surface area contributed by atoms with Crippen LogP contribution in [0.1, 0.15) is 23.4 Å². The third-order valence-corrected chi connectivity index (χ3v) is 3.62. The predicted molar refractivity (Wildman–Crippen MR) is 72.2 cm³/mol. The van der Waals surface area contributed by atoms with Crippen LogP contribution in [-0.2, 0) is 12.8 Å². The molecule has 2 N–H and O–H groups in total. The molecule has 0 spiro atoms. The van der Waals surface area contributed by atoms with E-state index in [0.29, 0.717) is 0 Å². The van der Waals surface area contributed by atoms with Crippen LogP contribution in [0.25, 0.3) is 11.1 Å². The zero-order valence-corrected chi connectivity index (χ0v) is 10.6. The van der Waals surface area contributed by atoms with Crippen molar-refractivity contribution < 1.29 is 0 Å². The monoisotopic (exact) mass is 239 g/mol. The minimum Gasteiger partial charge on any atom is -0.327 e. The lowest BCUT2D eigenvalue weighted by molar-refractivity contribution is 0.577. The van der Waals surface area contributed by atoms with Crippen LogP contribution in [0.4, 0.5) is 0 Å². The Bertz CT molecular complexity index is 560. The lowest BCUT2D eigenvalue weighted by atomic mass is 9.84. The zero-order valence-electron chi connectivity index (χ0n) is 10.6. The molecule has 2 aromatic rings. The van der Waals surface area contributed by atoms with Gasteiger partial charge in [0.1, 0.15) is 5.82 Å². The highest BCUT2D eigenvalue weighted by Crippen LogP contribution is 2.30. The number of nitrogens with two attached hydrogens (primary N) is 1. The number of rotatable bonds is 1. The summed E-state index contributed by atoms with van der Waals surface area (Å²) in [7, 11) is 0. The molecule has 0 bridgehead atoms. The van der Waals surface area contributed by atoms with Crippen molar-refractivity contribution in [3.63, 3.8) is 0 Å². The molecule has 1 aliphatic carbocycles. The van der Waals surface area contributed by atoms with Crippen LogP contribution >= 0.6 is 0 Å². The van der Waals surface area contributed by atoms with Crippen LogP contribution in [0.2, 0.25) is 0 Å². The zero-order chi connectivity index (χ0) is 12.5. The lowest BCUT2D eigenvalue weighted by Gasteiger charge is -2.24. The molecule has 1 aliphatic rings. The van der Waals surface area contributed by atoms with E-state index in [1.54, 1.807) is 0 Å². The molecule has 0 saturated heterocycles. The maximum Gasteiger partial charge on any atom is 0.125 e. The van der Waals surface area contributed by atoms with Crippen molar-refractivity contribution >= 4 is 0 Å². The maximum atomic E-state index is 6.09. The van der Waals surface area contributed by atoms with Crippen LogP contribution in [0, 0.1) is 6.92 Å². The summed E-state index contributed by atoms with van der Waals surface area (Å²) in [5.41, 5.74) is 11.2. The molecule has 1 atom stereocenters. The maximum absolute atomic E-state index is 6.09. The number of hydrogen-bond acceptors (Lipinski definition) is 3. The van der Waals surface area contributed by atoms with Gasteiger partial charge in [-0.25, -0.2) is 9.97 Å². The number of hydrogen-bond donors (Lipinski definition) is 1. The summed E-state index contributed by atoms with van der Waals surface area (Å²) < 4.78 is 0. The van der Waals surface area contributed by atoms with Crippen molar-refractivity contribution in [3.05, 3.63) is 47.5 Å². The standard InChI is InChI=1S/C15H17N3/c1-10-17-8-12(9-18-10)14-4-2-3-11-5-6-13(16)7-15(11)14/h2-4,8-9,13H,5-7,16H2,1H3/t13-/m1/s1. The number of benzene rings is 1. The fraction of sp³-hybridized carbons (Fsp3) is 0.333. The molecule has 3 nitrogen and oxygen atoms in total. The van der Waals surface area contributed by atoms with E-state index in [-0.39, 0.29) is 6.04 Å². The molecule has 3 rings (SSSR count). The van der Waals surface area contributed by atoms with Gasteiger partial charge < -0.3 is 5.73 Å². The van der Waals surface area contributed by atoms with E-state index >= 15 is 0 Å². The van der Waals surface area contributed by atoms with Crippen LogP contribution in [-0.4, -0.2) is 16.0 Å². The molecule has 0 saturated carbocycles. The van der Waals surface area contributed by atoms with Crippen LogP contribution in [0.5, 0.6) is 0 Å². The van der Waals surface area contributed by atoms with Gasteiger partial charge in [-0.3, -0.25) is 0 Å². The number of aryl methyl sites for hydroxylation is 2. The summed E-state index contributed by atoms with van der Waals surface area (Å²) in [5.74, 6) is 0.806. The lowest BCUT2D eigenvalue weighted by Crippen LogP contribution is -2.28. The molecule has 0 aliphatic heterocycles. The van der Waals surface area contributed by atoms with Crippen molar-refractivity contribution in [2.75, 3.05) is 0 Å². The highest BCUT2D eigenvalue weighted by molar-refractivity contribution is 5.68. The van der Waals surface area contributed by atoms with E-state index in [9.17, 15) is 0 Å². The third kappa shape index (κ3) is 2.02. The average molecular weight is 239 g/mol. The second-order valence-electron chi connectivity index (χ2n) is 4.97. The van der Waals surface area contributed by atoms with Crippen LogP contribution in [0.3, 0.4) is 0 Å². The minimum atomic E-state index is 0.282. The Morgan fingerprint density at radius 1 is 1.22 bits per heavy atom. The smallest absolute Gasteiger partial charge is 0.125 e. The summed E-state index contributed by atoms with van der Waals surface area (Å²) in [6, 6.07) is 6.75. The van der Waals surface area contributed by atoms with Gasteiger partial charge in [0.05, 0.1) is 0 Å². The molecule has 0 unspecified atom stereocenters. The van der Waals surface area contributed by atoms with Gasteiger partial charge in [-0.2, -0.15) is 0 Å². The van der Waals surface area contributed by atoms with Gasteiger partial charge in [-0.1, -0.05) is 18.2 Å². The van der Waals surface area contributed by atoms with Crippen molar-refractivity contribution in [2.45, 2.75) is 32.2 Å². The molecule has 0 fully saturated rings. The van der Waals surface area contributed by atoms with Crippen molar-refractivity contribution in [2.24, 2.45) is 5.73 Å². The fourth-order valence-electron chi connectivity index (χ4n) is 2.62. The third-order valence-electron chi connectivity index (χ3n) is 3.62. The summed E-state index contributed by atoms with van der Waals surface area (Å²) in [4.78, 5) is 8.56. The summed E-state index contributed by atoms with van der Waals surface area (Å²) in [6.07, 6.45) is 6.92. The van der Waals surface area contributed by atoms with Crippen molar-refractivity contribution in [3.8, 4) is 11.1 Å². The number of nitrogens with zero attached hydrogens (tertiary/aromatic N) is 2. The van der Waals surface area contributed by atoms with Gasteiger partial charge in [0.2, 0.25) is 0 Å². The van der Waals surface area contributed by atoms with E-state index in [2.05, 4.69) is 28.2 Å². The summed E-state index contributed by atoms with van der Waals surface area (Å²) in [6.45, 7) is 1.90. The molecular weight excluding hydrogens is 222 g/mol. The minimum absolute atomic E-state index is 0.282. The molecule has 18 heavy (non-hydrogen) atoms. The Hall–Kier alpha value is -1.74. The van der Waals surface area contributed by atoms with E-state index < -0.39 is 0 Å². The average Bonchev–Trinajstić information content (AvgIpc) is 2.39. The van der Waals surface area contributed by atoms with E-state index in [1.165, 1.54) is 16.7 Å². The molecule has 92 valence electrons. The number of fused-ring (bicyclic) bond motifs is 1. The Labute approximate surface area is 107 Å². The van der Waals surface area contributed by atoms with Gasteiger partial charge in [0.15, 0.2) is 0 Å². The predicted octanol–water partition coefficient (Wildman–Crippen LogP) is 2.27. The first kappa shape index (κ1) is 11.4. The van der Waals surface area contributed by atoms with Gasteiger partial charge in [-0.05, 0) is 42.9 Å². The van der Waals surface area contributed by atoms with E-state index in [4.69, 9.17) is 5.73 Å². The molecule has 1 aromatic heterocycles. The Morgan fingerprint density at radius 2 is 2.00 bits per heavy atom. The van der Waals surface area contributed by atoms with Crippen molar-refractivity contribution in [1.29, 1.82) is 0 Å². The quantitative estimate of drug-likeness (QED) is 0.830. The Kier molecular flexibility index (Phi) is 2.84.